The van der Waals surface area contributed by atoms with Crippen LogP contribution in [-0.4, -0.2) is 70.1 Å². The first-order valence-electron chi connectivity index (χ1n) is 0. The van der Waals surface area contributed by atoms with E-state index in [9.17, 15) is 0 Å². The molecule has 0 saturated carbocycles. The van der Waals surface area contributed by atoms with Crippen molar-refractivity contribution in [2.75, 3.05) is 0 Å². The van der Waals surface area contributed by atoms with Gasteiger partial charge in [0.1, 0.15) is 0 Å². The summed E-state index contributed by atoms with van der Waals surface area (Å²) in [4.78, 5) is 0. The van der Waals surface area contributed by atoms with Crippen molar-refractivity contribution in [1.82, 2.24) is 0 Å². The van der Waals surface area contributed by atoms with Crippen molar-refractivity contribution in [2.45, 2.75) is 0 Å². The summed E-state index contributed by atoms with van der Waals surface area (Å²) in [6, 6.07) is 0. The molecule has 0 unspecified atom stereocenters. The molecular weight excluding hydrogens is 262 g/mol. The van der Waals surface area contributed by atoms with Gasteiger partial charge in [-0.2, -0.15) is 0 Å². The molecule has 5 heavy (non-hydrogen) atoms. The largest absolute Gasteiger partial charge is 0.412 e. The Morgan fingerprint density at radius 3 is 0.600 bits per heavy atom. The minimum atomic E-state index is 0. The molecule has 0 amide bonds. The molecule has 0 aliphatic carbocycles. The van der Waals surface area contributed by atoms with E-state index in [4.69, 9.17) is 0 Å². The van der Waals surface area contributed by atoms with Crippen LogP contribution in [0.25, 0.3) is 0 Å². The van der Waals surface area contributed by atoms with Crippen LogP contribution in [-0.2, 0) is 21.1 Å². The molecule has 0 aliphatic heterocycles. The van der Waals surface area contributed by atoms with Crippen molar-refractivity contribution < 1.29 is 32.0 Å². The molecule has 0 saturated heterocycles. The predicted molar refractivity (Wildman–Crippen MR) is 18.7 cm³/mol. The van der Waals surface area contributed by atoms with Crippen LogP contribution < -0.4 is 0 Å². The molecule has 0 rings (SSSR count). The number of hydrogen-bond donors (Lipinski definition) is 0. The van der Waals surface area contributed by atoms with Gasteiger partial charge in [-0.05, 0) is 0 Å². The van der Waals surface area contributed by atoms with E-state index in [0.717, 1.165) is 0 Å². The molecule has 2 radical (unpaired) electrons. The van der Waals surface area contributed by atoms with Crippen LogP contribution in [0.3, 0.4) is 0 Å². The zero-order valence-electron chi connectivity index (χ0n) is 3.41. The minimum absolute atomic E-state index is 0. The van der Waals surface area contributed by atoms with E-state index in [-0.39, 0.29) is 91.1 Å². The Kier molecular flexibility index (Phi) is 298. The van der Waals surface area contributed by atoms with Crippen molar-refractivity contribution in [2.24, 2.45) is 0 Å². The number of rotatable bonds is 0. The van der Waals surface area contributed by atoms with Crippen molar-refractivity contribution in [3.05, 3.63) is 0 Å². The maximum Gasteiger partial charge on any atom is 0 e. The van der Waals surface area contributed by atoms with E-state index in [2.05, 4.69) is 0 Å². The Morgan fingerprint density at radius 2 is 0.600 bits per heavy atom. The molecule has 0 bridgehead atoms. The van der Waals surface area contributed by atoms with Gasteiger partial charge in [-0.1, -0.05) is 0 Å². The molecule has 4 N–H and O–H groups in total. The van der Waals surface area contributed by atoms with Crippen molar-refractivity contribution in [1.29, 1.82) is 0 Å². The molecule has 0 spiro atoms. The molecule has 0 atom stereocenters. The van der Waals surface area contributed by atoms with E-state index in [1.807, 2.05) is 0 Å². The monoisotopic (exact) mass is 266 g/mol. The van der Waals surface area contributed by atoms with Crippen LogP contribution >= 0.6 is 0 Å². The van der Waals surface area contributed by atoms with Gasteiger partial charge in [0.05, 0.1) is 0 Å². The zero-order chi connectivity index (χ0) is 0. The van der Waals surface area contributed by atoms with Crippen molar-refractivity contribution in [3.8, 4) is 0 Å². The molecule has 0 fully saturated rings. The van der Waals surface area contributed by atoms with Gasteiger partial charge < -0.3 is 11.0 Å². The first kappa shape index (κ1) is 48.8. The van der Waals surface area contributed by atoms with Gasteiger partial charge in [0.15, 0.2) is 0 Å². The van der Waals surface area contributed by atoms with Crippen LogP contribution in [0.1, 0.15) is 0 Å². The van der Waals surface area contributed by atoms with Crippen LogP contribution in [0, 0.1) is 0 Å². The fourth-order valence-corrected chi connectivity index (χ4v) is 0. The second-order valence-electron chi connectivity index (χ2n) is 0. The Balaban J connectivity index is 0. The third kappa shape index (κ3) is 20.6. The fourth-order valence-electron chi connectivity index (χ4n) is 0. The van der Waals surface area contributed by atoms with Crippen LogP contribution in [0.4, 0.5) is 0 Å². The topological polar surface area (TPSA) is 63.0 Å². The smallest absolute Gasteiger partial charge is 0 e. The van der Waals surface area contributed by atoms with Gasteiger partial charge in [-0.15, -0.1) is 0 Å². The molecule has 2 nitrogen and oxygen atoms in total. The summed E-state index contributed by atoms with van der Waals surface area (Å²) in [5.41, 5.74) is 0. The molecule has 24 valence electrons. The maximum atomic E-state index is 0. The minimum Gasteiger partial charge on any atom is -0.412 e. The predicted octanol–water partition coefficient (Wildman–Crippen LogP) is -2.41. The molecule has 0 aromatic carbocycles. The molecule has 0 aromatic rings. The van der Waals surface area contributed by atoms with Gasteiger partial charge in [0.25, 0.3) is 0 Å². The van der Waals surface area contributed by atoms with Gasteiger partial charge in [-0.3, -0.25) is 0 Å². The van der Waals surface area contributed by atoms with Gasteiger partial charge in [0.2, 0.25) is 0 Å². The van der Waals surface area contributed by atoms with E-state index in [1.54, 1.807) is 0 Å². The van der Waals surface area contributed by atoms with E-state index < -0.39 is 0 Å². The maximum absolute atomic E-state index is 0. The summed E-state index contributed by atoms with van der Waals surface area (Å²) in [5.74, 6) is 0. The first-order chi connectivity index (χ1) is 0. The molecule has 0 aliphatic rings. The van der Waals surface area contributed by atoms with Crippen LogP contribution in [0.2, 0.25) is 0 Å². The summed E-state index contributed by atoms with van der Waals surface area (Å²) >= 11 is 0. The summed E-state index contributed by atoms with van der Waals surface area (Å²) in [5, 5.41) is 0. The summed E-state index contributed by atoms with van der Waals surface area (Å²) in [6.45, 7) is 0. The van der Waals surface area contributed by atoms with E-state index >= 15 is 0 Å². The Labute approximate surface area is 89.5 Å². The zero-order valence-corrected chi connectivity index (χ0v) is 10.3. The van der Waals surface area contributed by atoms with Crippen LogP contribution in [0.5, 0.6) is 0 Å². The summed E-state index contributed by atoms with van der Waals surface area (Å²) in [7, 11) is 0. The van der Waals surface area contributed by atoms with E-state index in [1.165, 1.54) is 0 Å². The second kappa shape index (κ2) is 30.6. The second-order valence-corrected chi connectivity index (χ2v) is 0. The molecule has 0 aromatic heterocycles. The first-order valence-corrected chi connectivity index (χ1v) is 0. The Morgan fingerprint density at radius 1 is 0.600 bits per heavy atom. The molecular formula is H4Na2O2W. The summed E-state index contributed by atoms with van der Waals surface area (Å²) < 4.78 is 0. The Hall–Kier alpha value is 2.61. The average Bonchev–Trinajstić information content (AvgIpc) is 0. The Bertz CT molecular complexity index is 7.61. The van der Waals surface area contributed by atoms with Gasteiger partial charge in [0, 0.05) is 80.2 Å². The molecule has 5 heteroatoms. The van der Waals surface area contributed by atoms with Crippen molar-refractivity contribution in [3.63, 3.8) is 0 Å². The third-order valence-corrected chi connectivity index (χ3v) is 0. The van der Waals surface area contributed by atoms with Crippen molar-refractivity contribution >= 4 is 59.1 Å². The third-order valence-electron chi connectivity index (χ3n) is 0. The van der Waals surface area contributed by atoms with E-state index in [0.29, 0.717) is 0 Å². The quantitative estimate of drug-likeness (QED) is 0.438. The number of hydrogen-bond acceptors (Lipinski definition) is 0. The van der Waals surface area contributed by atoms with Gasteiger partial charge >= 0.3 is 0 Å². The normalized spacial score (nSPS) is 0. The van der Waals surface area contributed by atoms with Crippen LogP contribution in [0.15, 0.2) is 0 Å². The summed E-state index contributed by atoms with van der Waals surface area (Å²) in [6.07, 6.45) is 0. The average molecular weight is 266 g/mol. The molecule has 0 heterocycles. The fraction of sp³-hybridized carbons (Fsp3) is 0. The standard InChI is InChI=1S/2Na.2H2O.W/h;;2*1H2;. The van der Waals surface area contributed by atoms with Gasteiger partial charge in [-0.25, -0.2) is 0 Å². The SMILES string of the molecule is O.O.[Na].[Na].[W].